The molecular formula is C45H59N3O11Si. The summed E-state index contributed by atoms with van der Waals surface area (Å²) in [5.74, 6) is -1.86. The lowest BCUT2D eigenvalue weighted by Crippen LogP contribution is -2.68. The van der Waals surface area contributed by atoms with Crippen LogP contribution in [0.3, 0.4) is 0 Å². The van der Waals surface area contributed by atoms with E-state index in [1.54, 1.807) is 37.3 Å². The molecule has 0 saturated carbocycles. The van der Waals surface area contributed by atoms with Gasteiger partial charge in [-0.3, -0.25) is 0 Å². The minimum Gasteiger partial charge on any atom is -0.453 e. The molecule has 2 N–H and O–H groups in total. The van der Waals surface area contributed by atoms with Crippen LogP contribution in [0.5, 0.6) is 0 Å². The maximum absolute atomic E-state index is 13.5. The van der Waals surface area contributed by atoms with Crippen molar-refractivity contribution in [2.45, 2.75) is 121 Å². The van der Waals surface area contributed by atoms with E-state index in [2.05, 4.69) is 68.9 Å². The van der Waals surface area contributed by atoms with E-state index >= 15 is 0 Å². The topological polar surface area (TPSA) is 180 Å². The Kier molecular flexibility index (Phi) is 13.8. The van der Waals surface area contributed by atoms with Gasteiger partial charge in [0.1, 0.15) is 18.3 Å². The molecule has 2 bridgehead atoms. The van der Waals surface area contributed by atoms with Gasteiger partial charge in [-0.05, 0) is 44.9 Å². The first-order chi connectivity index (χ1) is 28.8. The third-order valence-corrected chi connectivity index (χ3v) is 18.0. The highest BCUT2D eigenvalue weighted by atomic mass is 28.4. The summed E-state index contributed by atoms with van der Waals surface area (Å²) < 4.78 is 52.7. The molecule has 4 saturated heterocycles. The number of hydrogen-bond donors (Lipinski definition) is 2. The van der Waals surface area contributed by atoms with Gasteiger partial charge >= 0.3 is 5.97 Å². The largest absolute Gasteiger partial charge is 0.453 e. The number of ether oxygens (including phenoxy) is 7. The summed E-state index contributed by atoms with van der Waals surface area (Å²) >= 11 is 0. The molecule has 3 aromatic carbocycles. The van der Waals surface area contributed by atoms with Crippen molar-refractivity contribution in [1.29, 1.82) is 0 Å². The summed E-state index contributed by atoms with van der Waals surface area (Å²) in [5, 5.41) is 27.5. The lowest BCUT2D eigenvalue weighted by atomic mass is 9.85. The molecule has 4 aliphatic heterocycles. The Balaban J connectivity index is 1.28. The number of aliphatic hydroxyl groups is 2. The predicted octanol–water partition coefficient (Wildman–Crippen LogP) is 5.34. The van der Waals surface area contributed by atoms with Crippen molar-refractivity contribution in [3.05, 3.63) is 107 Å². The van der Waals surface area contributed by atoms with E-state index in [0.29, 0.717) is 12.2 Å². The third kappa shape index (κ3) is 8.68. The van der Waals surface area contributed by atoms with Gasteiger partial charge in [0.25, 0.3) is 8.32 Å². The molecule has 4 aliphatic rings. The molecule has 0 radical (unpaired) electrons. The first-order valence-corrected chi connectivity index (χ1v) is 22.9. The molecule has 324 valence electrons. The Bertz CT molecular complexity index is 1880. The van der Waals surface area contributed by atoms with E-state index in [1.807, 2.05) is 43.3 Å². The fourth-order valence-electron chi connectivity index (χ4n) is 9.35. The normalized spacial score (nSPS) is 35.6. The van der Waals surface area contributed by atoms with E-state index in [-0.39, 0.29) is 35.9 Å². The van der Waals surface area contributed by atoms with Gasteiger partial charge in [-0.1, -0.05) is 132 Å². The number of fused-ring (bicyclic) bond motifs is 2. The molecule has 7 rings (SSSR count). The van der Waals surface area contributed by atoms with Crippen LogP contribution in [0.25, 0.3) is 10.4 Å². The number of nitrogens with zero attached hydrogens (tertiary/aromatic N) is 3. The Morgan fingerprint density at radius 1 is 0.783 bits per heavy atom. The Morgan fingerprint density at radius 2 is 1.37 bits per heavy atom. The molecule has 15 heteroatoms. The summed E-state index contributed by atoms with van der Waals surface area (Å²) in [6.07, 6.45) is -8.48. The van der Waals surface area contributed by atoms with Crippen LogP contribution in [0.1, 0.15) is 58.8 Å². The maximum Gasteiger partial charge on any atom is 0.338 e. The molecule has 60 heavy (non-hydrogen) atoms. The minimum atomic E-state index is -3.14. The van der Waals surface area contributed by atoms with E-state index in [9.17, 15) is 20.5 Å². The Hall–Kier alpha value is -3.70. The zero-order chi connectivity index (χ0) is 42.8. The summed E-state index contributed by atoms with van der Waals surface area (Å²) in [5.41, 5.74) is 10.3. The van der Waals surface area contributed by atoms with Gasteiger partial charge in [-0.2, -0.15) is 0 Å². The molecule has 14 nitrogen and oxygen atoms in total. The average molecular weight is 846 g/mol. The highest BCUT2D eigenvalue weighted by molar-refractivity contribution is 6.99. The number of carbonyl (C=O) groups is 1. The quantitative estimate of drug-likeness (QED) is 0.0746. The van der Waals surface area contributed by atoms with Crippen molar-refractivity contribution in [3.63, 3.8) is 0 Å². The monoisotopic (exact) mass is 845 g/mol. The van der Waals surface area contributed by atoms with Crippen molar-refractivity contribution < 1.29 is 52.6 Å². The Morgan fingerprint density at radius 3 is 1.95 bits per heavy atom. The maximum atomic E-state index is 13.5. The molecule has 15 atom stereocenters. The van der Waals surface area contributed by atoms with Gasteiger partial charge < -0.3 is 47.8 Å². The van der Waals surface area contributed by atoms with Crippen LogP contribution in [0.15, 0.2) is 96.1 Å². The van der Waals surface area contributed by atoms with Gasteiger partial charge in [0.15, 0.2) is 25.0 Å². The molecular weight excluding hydrogens is 787 g/mol. The molecule has 4 heterocycles. The smallest absolute Gasteiger partial charge is 0.338 e. The second-order valence-corrected chi connectivity index (χ2v) is 22.0. The lowest BCUT2D eigenvalue weighted by molar-refractivity contribution is -0.342. The summed E-state index contributed by atoms with van der Waals surface area (Å²) in [6.45, 7) is 14.2. The number of rotatable bonds is 13. The van der Waals surface area contributed by atoms with Crippen molar-refractivity contribution in [1.82, 2.24) is 0 Å². The standard InChI is InChI=1S/C45H59N3O11Si/c1-26-27(2)42-52-24-34(55-42)38(26)58-43-36(47-48-46)28(3)39(59-44-40(29(4)37(50)33(23-49)54-44)57-41(51)30-17-11-8-12-18-30)35(56-43)25-53-60(45(5,6)7,31-19-13-9-14-20-31)32-21-15-10-16-22-32/h8-22,26-29,33-40,42-44,49-50H,23-25H2,1-7H3/t26-,27?,28-,29+,33?,34?,35?,36?,37+,38?,39+,40?,42-,43+,44+/m1/s1. The molecule has 0 spiro atoms. The fraction of sp³-hybridized carbons (Fsp3) is 0.578. The van der Waals surface area contributed by atoms with Crippen LogP contribution in [0, 0.1) is 23.7 Å². The van der Waals surface area contributed by atoms with E-state index in [4.69, 9.17) is 37.6 Å². The second-order valence-electron chi connectivity index (χ2n) is 17.7. The highest BCUT2D eigenvalue weighted by Gasteiger charge is 2.56. The fourth-order valence-corrected chi connectivity index (χ4v) is 13.9. The van der Waals surface area contributed by atoms with Crippen LogP contribution >= 0.6 is 0 Å². The SMILES string of the molecule is CC1[C@@H]2OCC(O2)C(O[C@@H]2OC(CO[Si](c3ccccc3)(c3ccccc3)C(C)(C)C)[C@@H](O[C@@H]3OC(CO)[C@@H](O)[C@H](C)C3OC(=O)c3ccccc3)[C@H](C)C2N=[N+]=[N-])[C@@H]1C. The van der Waals surface area contributed by atoms with Gasteiger partial charge in [-0.25, -0.2) is 4.79 Å². The van der Waals surface area contributed by atoms with Gasteiger partial charge in [0.05, 0.1) is 49.7 Å². The summed E-state index contributed by atoms with van der Waals surface area (Å²) in [6, 6.07) is 28.1. The second kappa shape index (κ2) is 18.7. The average Bonchev–Trinajstić information content (AvgIpc) is 3.71. The van der Waals surface area contributed by atoms with Crippen molar-refractivity contribution >= 4 is 24.7 Å². The minimum absolute atomic E-state index is 0.0235. The first-order valence-electron chi connectivity index (χ1n) is 21.0. The van der Waals surface area contributed by atoms with Crippen molar-refractivity contribution in [2.24, 2.45) is 28.8 Å². The van der Waals surface area contributed by atoms with E-state index < -0.39 is 88.0 Å². The van der Waals surface area contributed by atoms with Crippen LogP contribution in [0.2, 0.25) is 5.04 Å². The Labute approximate surface area is 353 Å². The third-order valence-electron chi connectivity index (χ3n) is 13.0. The highest BCUT2D eigenvalue weighted by Crippen LogP contribution is 2.43. The molecule has 4 fully saturated rings. The molecule has 0 aromatic heterocycles. The van der Waals surface area contributed by atoms with E-state index in [1.165, 1.54) is 0 Å². The number of azide groups is 1. The van der Waals surface area contributed by atoms with Crippen LogP contribution < -0.4 is 10.4 Å². The predicted molar refractivity (Wildman–Crippen MR) is 224 cm³/mol. The van der Waals surface area contributed by atoms with Crippen LogP contribution in [-0.2, 0) is 37.6 Å². The number of esters is 1. The van der Waals surface area contributed by atoms with Crippen LogP contribution in [0.4, 0.5) is 0 Å². The lowest BCUT2D eigenvalue weighted by Gasteiger charge is -2.50. The summed E-state index contributed by atoms with van der Waals surface area (Å²) in [7, 11) is -3.14. The zero-order valence-corrected chi connectivity index (χ0v) is 36.4. The zero-order valence-electron chi connectivity index (χ0n) is 35.4. The molecule has 3 aromatic rings. The molecule has 7 unspecified atom stereocenters. The molecule has 0 amide bonds. The van der Waals surface area contributed by atoms with Gasteiger partial charge in [0, 0.05) is 16.7 Å². The first kappa shape index (κ1) is 44.4. The van der Waals surface area contributed by atoms with Crippen molar-refractivity contribution in [3.8, 4) is 0 Å². The number of carbonyl (C=O) groups excluding carboxylic acids is 1. The number of aliphatic hydroxyl groups excluding tert-OH is 2. The van der Waals surface area contributed by atoms with Crippen molar-refractivity contribution in [2.75, 3.05) is 19.8 Å². The van der Waals surface area contributed by atoms with Gasteiger partial charge in [0.2, 0.25) is 0 Å². The molecule has 0 aliphatic carbocycles. The van der Waals surface area contributed by atoms with Gasteiger partial charge in [-0.15, -0.1) is 0 Å². The summed E-state index contributed by atoms with van der Waals surface area (Å²) in [4.78, 5) is 16.8. The van der Waals surface area contributed by atoms with E-state index in [0.717, 1.165) is 10.4 Å². The number of hydrogen-bond acceptors (Lipinski definition) is 12. The number of benzene rings is 3. The van der Waals surface area contributed by atoms with Crippen LogP contribution in [-0.4, -0.2) is 112 Å².